The van der Waals surface area contributed by atoms with Crippen molar-refractivity contribution in [3.63, 3.8) is 0 Å². The second-order valence-electron chi connectivity index (χ2n) is 9.58. The molecule has 1 saturated carbocycles. The third kappa shape index (κ3) is 6.49. The lowest BCUT2D eigenvalue weighted by atomic mass is 9.83. The summed E-state index contributed by atoms with van der Waals surface area (Å²) in [5, 5.41) is 16.6. The summed E-state index contributed by atoms with van der Waals surface area (Å²) in [5.74, 6) is -0.892. The fourth-order valence-electron chi connectivity index (χ4n) is 4.93. The van der Waals surface area contributed by atoms with Crippen LogP contribution in [0.15, 0.2) is 54.6 Å². The van der Waals surface area contributed by atoms with Crippen molar-refractivity contribution in [1.29, 1.82) is 5.26 Å². The summed E-state index contributed by atoms with van der Waals surface area (Å²) in [6.45, 7) is 0. The second kappa shape index (κ2) is 11.0. The lowest BCUT2D eigenvalue weighted by Crippen LogP contribution is -2.50. The van der Waals surface area contributed by atoms with Crippen molar-refractivity contribution in [1.82, 2.24) is 15.2 Å². The van der Waals surface area contributed by atoms with E-state index in [1.54, 1.807) is 24.3 Å². The Morgan fingerprint density at radius 3 is 2.49 bits per heavy atom. The van der Waals surface area contributed by atoms with Gasteiger partial charge >= 0.3 is 0 Å². The smallest absolute Gasteiger partial charge is 0.268 e. The summed E-state index contributed by atoms with van der Waals surface area (Å²) in [7, 11) is -1.53. The summed E-state index contributed by atoms with van der Waals surface area (Å²) in [4.78, 5) is 26.4. The van der Waals surface area contributed by atoms with Crippen LogP contribution in [0.3, 0.4) is 0 Å². The molecule has 2 amide bonds. The first-order valence-electron chi connectivity index (χ1n) is 12.3. The largest absolute Gasteiger partial charge is 0.347 e. The van der Waals surface area contributed by atoms with E-state index in [4.69, 9.17) is 0 Å². The number of anilines is 1. The van der Waals surface area contributed by atoms with Gasteiger partial charge in [-0.1, -0.05) is 43.2 Å². The molecule has 4 rings (SSSR count). The van der Waals surface area contributed by atoms with Crippen LogP contribution in [0.1, 0.15) is 41.7 Å². The highest BCUT2D eigenvalue weighted by molar-refractivity contribution is 7.92. The lowest BCUT2D eigenvalue weighted by Gasteiger charge is -2.32. The molecule has 10 heteroatoms. The molecule has 3 atom stereocenters. The molecule has 1 aliphatic rings. The van der Waals surface area contributed by atoms with Gasteiger partial charge in [0.1, 0.15) is 11.7 Å². The van der Waals surface area contributed by atoms with Gasteiger partial charge in [-0.25, -0.2) is 8.42 Å². The third-order valence-corrected chi connectivity index (χ3v) is 7.38. The zero-order chi connectivity index (χ0) is 26.6. The van der Waals surface area contributed by atoms with Gasteiger partial charge in [0.2, 0.25) is 15.9 Å². The molecule has 1 aliphatic carbocycles. The Morgan fingerprint density at radius 1 is 1.11 bits per heavy atom. The Bertz CT molecular complexity index is 1440. The number of nitrogens with zero attached hydrogens (tertiary/aromatic N) is 2. The van der Waals surface area contributed by atoms with E-state index >= 15 is 0 Å². The minimum Gasteiger partial charge on any atom is -0.347 e. The molecule has 1 heterocycles. The number of para-hydroxylation sites is 1. The molecule has 1 fully saturated rings. The van der Waals surface area contributed by atoms with Crippen molar-refractivity contribution in [2.75, 3.05) is 11.0 Å². The number of rotatable bonds is 8. The van der Waals surface area contributed by atoms with Crippen molar-refractivity contribution in [3.05, 3.63) is 65.9 Å². The van der Waals surface area contributed by atoms with Gasteiger partial charge in [0.25, 0.3) is 5.91 Å². The number of hydrogen-bond acceptors (Lipinski definition) is 5. The van der Waals surface area contributed by atoms with Gasteiger partial charge in [0.05, 0.1) is 18.2 Å². The predicted molar refractivity (Wildman–Crippen MR) is 142 cm³/mol. The molecule has 3 N–H and O–H groups in total. The Hall–Kier alpha value is -3.84. The van der Waals surface area contributed by atoms with Gasteiger partial charge in [0.15, 0.2) is 0 Å². The number of fused-ring (bicyclic) bond motifs is 1. The zero-order valence-electron chi connectivity index (χ0n) is 20.9. The number of carbonyl (C=O) groups excluding carboxylic acids is 2. The van der Waals surface area contributed by atoms with Gasteiger partial charge in [-0.05, 0) is 42.7 Å². The van der Waals surface area contributed by atoms with Gasteiger partial charge in [0, 0.05) is 36.1 Å². The number of carbonyl (C=O) groups is 2. The molecule has 0 saturated heterocycles. The minimum absolute atomic E-state index is 0.219. The van der Waals surface area contributed by atoms with Crippen molar-refractivity contribution in [2.45, 2.75) is 44.2 Å². The summed E-state index contributed by atoms with van der Waals surface area (Å²) in [5.41, 5.74) is 2.71. The summed E-state index contributed by atoms with van der Waals surface area (Å²) in [6, 6.07) is 17.4. The molecule has 0 spiro atoms. The normalized spacial score (nSPS) is 18.5. The van der Waals surface area contributed by atoms with E-state index in [0.29, 0.717) is 24.2 Å². The molecular formula is C27H31N5O4S. The first-order chi connectivity index (χ1) is 17.6. The van der Waals surface area contributed by atoms with Crippen LogP contribution in [0.2, 0.25) is 0 Å². The number of nitrogens with one attached hydrogen (secondary N) is 3. The molecular weight excluding hydrogens is 490 g/mol. The summed E-state index contributed by atoms with van der Waals surface area (Å²) < 4.78 is 27.0. The average molecular weight is 522 g/mol. The highest BCUT2D eigenvalue weighted by atomic mass is 32.2. The fourth-order valence-corrected chi connectivity index (χ4v) is 5.50. The number of benzene rings is 2. The standard InChI is InChI=1S/C27H31N5O4S/c1-32-24-10-6-3-7-19(24)16-25(32)27(34)30-23-9-5-4-8-22(23)26(33)29-21(17-28)15-18-11-13-20(14-12-18)31-37(2,35)36/h3,6-7,10-14,16,21-23,31H,4-5,8-9,15H2,1-2H3,(H,29,33)(H,30,34)/t21-,22+,23-/m0/s1. The maximum Gasteiger partial charge on any atom is 0.268 e. The fraction of sp³-hybridized carbons (Fsp3) is 0.370. The molecule has 0 radical (unpaired) electrons. The Balaban J connectivity index is 1.40. The van der Waals surface area contributed by atoms with Crippen LogP contribution in [-0.2, 0) is 28.3 Å². The quantitative estimate of drug-likeness (QED) is 0.419. The average Bonchev–Trinajstić information content (AvgIpc) is 3.21. The number of aromatic nitrogens is 1. The van der Waals surface area contributed by atoms with E-state index in [1.807, 2.05) is 41.9 Å². The number of hydrogen-bond donors (Lipinski definition) is 3. The van der Waals surface area contributed by atoms with Crippen LogP contribution in [0, 0.1) is 17.2 Å². The first kappa shape index (κ1) is 26.2. The molecule has 9 nitrogen and oxygen atoms in total. The molecule has 37 heavy (non-hydrogen) atoms. The predicted octanol–water partition coefficient (Wildman–Crippen LogP) is 3.09. The number of sulfonamides is 1. The van der Waals surface area contributed by atoms with Crippen molar-refractivity contribution < 1.29 is 18.0 Å². The molecule has 0 unspecified atom stereocenters. The topological polar surface area (TPSA) is 133 Å². The van der Waals surface area contributed by atoms with Gasteiger partial charge in [-0.3, -0.25) is 14.3 Å². The number of aryl methyl sites for hydroxylation is 1. The SMILES string of the molecule is Cn1c(C(=O)N[C@H]2CCCC[C@H]2C(=O)N[C@H](C#N)Cc2ccc(NS(C)(=O)=O)cc2)cc2ccccc21. The van der Waals surface area contributed by atoms with Crippen LogP contribution in [-0.4, -0.2) is 43.1 Å². The molecule has 1 aromatic heterocycles. The van der Waals surface area contributed by atoms with Crippen molar-refractivity contribution in [3.8, 4) is 6.07 Å². The first-order valence-corrected chi connectivity index (χ1v) is 14.2. The molecule has 0 bridgehead atoms. The van der Waals surface area contributed by atoms with E-state index in [-0.39, 0.29) is 24.3 Å². The summed E-state index contributed by atoms with van der Waals surface area (Å²) in [6.07, 6.45) is 4.48. The van der Waals surface area contributed by atoms with E-state index in [9.17, 15) is 23.3 Å². The van der Waals surface area contributed by atoms with E-state index in [1.165, 1.54) is 0 Å². The molecule has 3 aromatic rings. The van der Waals surface area contributed by atoms with Crippen LogP contribution in [0.4, 0.5) is 5.69 Å². The van der Waals surface area contributed by atoms with Gasteiger partial charge in [-0.2, -0.15) is 5.26 Å². The highest BCUT2D eigenvalue weighted by Gasteiger charge is 2.33. The van der Waals surface area contributed by atoms with Crippen LogP contribution in [0.5, 0.6) is 0 Å². The third-order valence-electron chi connectivity index (χ3n) is 6.77. The monoisotopic (exact) mass is 521 g/mol. The van der Waals surface area contributed by atoms with E-state index in [2.05, 4.69) is 21.4 Å². The lowest BCUT2D eigenvalue weighted by molar-refractivity contribution is -0.127. The minimum atomic E-state index is -3.38. The van der Waals surface area contributed by atoms with Crippen molar-refractivity contribution in [2.24, 2.45) is 13.0 Å². The zero-order valence-corrected chi connectivity index (χ0v) is 21.7. The maximum absolute atomic E-state index is 13.2. The van der Waals surface area contributed by atoms with E-state index in [0.717, 1.165) is 35.6 Å². The Labute approximate surface area is 216 Å². The Kier molecular flexibility index (Phi) is 7.83. The molecule has 0 aliphatic heterocycles. The van der Waals surface area contributed by atoms with Gasteiger partial charge in [-0.15, -0.1) is 0 Å². The van der Waals surface area contributed by atoms with E-state index < -0.39 is 22.0 Å². The molecule has 2 aromatic carbocycles. The van der Waals surface area contributed by atoms with Crippen LogP contribution in [0.25, 0.3) is 10.9 Å². The number of amides is 2. The number of nitriles is 1. The maximum atomic E-state index is 13.2. The second-order valence-corrected chi connectivity index (χ2v) is 11.3. The highest BCUT2D eigenvalue weighted by Crippen LogP contribution is 2.26. The molecule has 194 valence electrons. The van der Waals surface area contributed by atoms with Crippen molar-refractivity contribution >= 4 is 38.4 Å². The summed E-state index contributed by atoms with van der Waals surface area (Å²) >= 11 is 0. The van der Waals surface area contributed by atoms with Gasteiger partial charge < -0.3 is 15.2 Å². The van der Waals surface area contributed by atoms with Crippen LogP contribution >= 0.6 is 0 Å². The van der Waals surface area contributed by atoms with Crippen LogP contribution < -0.4 is 15.4 Å². The Morgan fingerprint density at radius 2 is 1.81 bits per heavy atom.